The molecule has 3 heteroatoms. The van der Waals surface area contributed by atoms with Crippen LogP contribution in [0.5, 0.6) is 5.75 Å². The third kappa shape index (κ3) is 1.31. The number of ether oxygens (including phenoxy) is 1. The van der Waals surface area contributed by atoms with Crippen molar-refractivity contribution in [1.29, 1.82) is 0 Å². The summed E-state index contributed by atoms with van der Waals surface area (Å²) in [5.41, 5.74) is 2.07. The van der Waals surface area contributed by atoms with Crippen LogP contribution in [0.1, 0.15) is 6.92 Å². The van der Waals surface area contributed by atoms with E-state index in [1.807, 2.05) is 25.1 Å². The monoisotopic (exact) mass is 200 g/mol. The van der Waals surface area contributed by atoms with Crippen molar-refractivity contribution in [1.82, 2.24) is 4.98 Å². The third-order valence-electron chi connectivity index (χ3n) is 2.64. The summed E-state index contributed by atoms with van der Waals surface area (Å²) in [6.07, 6.45) is 2.00. The lowest BCUT2D eigenvalue weighted by Gasteiger charge is -2.25. The number of nitrogens with one attached hydrogen (secondary N) is 1. The molecular weight excluding hydrogens is 188 g/mol. The van der Waals surface area contributed by atoms with Crippen LogP contribution in [0.15, 0.2) is 30.5 Å². The van der Waals surface area contributed by atoms with Gasteiger partial charge >= 0.3 is 0 Å². The van der Waals surface area contributed by atoms with E-state index in [-0.39, 0.29) is 6.10 Å². The van der Waals surface area contributed by atoms with Gasteiger partial charge in [0.2, 0.25) is 0 Å². The maximum atomic E-state index is 5.71. The first-order valence-corrected chi connectivity index (χ1v) is 5.13. The number of aromatic nitrogens is 1. The van der Waals surface area contributed by atoms with Gasteiger partial charge in [-0.05, 0) is 13.0 Å². The van der Waals surface area contributed by atoms with Crippen molar-refractivity contribution in [2.75, 3.05) is 11.9 Å². The lowest BCUT2D eigenvalue weighted by molar-refractivity contribution is 0.226. The summed E-state index contributed by atoms with van der Waals surface area (Å²) < 4.78 is 5.71. The van der Waals surface area contributed by atoms with Crippen molar-refractivity contribution >= 4 is 16.6 Å². The number of hydrogen-bond acceptors (Lipinski definition) is 3. The van der Waals surface area contributed by atoms with Crippen molar-refractivity contribution in [2.45, 2.75) is 13.0 Å². The average Bonchev–Trinajstić information content (AvgIpc) is 2.28. The van der Waals surface area contributed by atoms with Gasteiger partial charge in [-0.15, -0.1) is 0 Å². The summed E-state index contributed by atoms with van der Waals surface area (Å²) >= 11 is 0. The standard InChI is InChI=1S/C12H12N2O/c1-8-6-14-12-9-4-2-3-5-10(9)13-7-11(12)15-8/h2-5,7-8,14H,6H2,1H3. The Morgan fingerprint density at radius 2 is 2.27 bits per heavy atom. The number of anilines is 1. The van der Waals surface area contributed by atoms with Crippen LogP contribution in [0.25, 0.3) is 10.9 Å². The first-order chi connectivity index (χ1) is 7.34. The van der Waals surface area contributed by atoms with E-state index in [9.17, 15) is 0 Å². The van der Waals surface area contributed by atoms with Crippen LogP contribution >= 0.6 is 0 Å². The summed E-state index contributed by atoms with van der Waals surface area (Å²) in [7, 11) is 0. The van der Waals surface area contributed by atoms with Gasteiger partial charge in [-0.3, -0.25) is 4.98 Å². The molecule has 0 saturated carbocycles. The predicted molar refractivity (Wildman–Crippen MR) is 60.3 cm³/mol. The Morgan fingerprint density at radius 1 is 1.40 bits per heavy atom. The number of pyridine rings is 1. The topological polar surface area (TPSA) is 34.2 Å². The second-order valence-corrected chi connectivity index (χ2v) is 3.82. The van der Waals surface area contributed by atoms with Crippen molar-refractivity contribution < 1.29 is 4.74 Å². The molecule has 1 aliphatic rings. The molecule has 0 saturated heterocycles. The fourth-order valence-corrected chi connectivity index (χ4v) is 1.90. The number of hydrogen-bond donors (Lipinski definition) is 1. The largest absolute Gasteiger partial charge is 0.485 e. The zero-order valence-corrected chi connectivity index (χ0v) is 8.53. The van der Waals surface area contributed by atoms with Crippen molar-refractivity contribution in [3.8, 4) is 5.75 Å². The van der Waals surface area contributed by atoms with Gasteiger partial charge in [-0.25, -0.2) is 0 Å². The zero-order valence-electron chi connectivity index (χ0n) is 8.53. The Bertz CT molecular complexity index is 510. The summed E-state index contributed by atoms with van der Waals surface area (Å²) in [5, 5.41) is 4.52. The van der Waals surface area contributed by atoms with Gasteiger partial charge in [-0.2, -0.15) is 0 Å². The normalized spacial score (nSPS) is 19.1. The van der Waals surface area contributed by atoms with Crippen LogP contribution < -0.4 is 10.1 Å². The Hall–Kier alpha value is -1.77. The molecule has 0 bridgehead atoms. The van der Waals surface area contributed by atoms with Crippen molar-refractivity contribution in [3.05, 3.63) is 30.5 Å². The highest BCUT2D eigenvalue weighted by Crippen LogP contribution is 2.34. The Kier molecular flexibility index (Phi) is 1.78. The highest BCUT2D eigenvalue weighted by Gasteiger charge is 2.17. The third-order valence-corrected chi connectivity index (χ3v) is 2.64. The summed E-state index contributed by atoms with van der Waals surface area (Å²) in [5.74, 6) is 0.854. The lowest BCUT2D eigenvalue weighted by Crippen LogP contribution is -2.27. The minimum Gasteiger partial charge on any atom is -0.485 e. The molecule has 3 nitrogen and oxygen atoms in total. The van der Waals surface area contributed by atoms with Crippen molar-refractivity contribution in [2.24, 2.45) is 0 Å². The fraction of sp³-hybridized carbons (Fsp3) is 0.250. The molecule has 2 heterocycles. The van der Waals surface area contributed by atoms with E-state index in [0.717, 1.165) is 28.9 Å². The first-order valence-electron chi connectivity index (χ1n) is 5.13. The van der Waals surface area contributed by atoms with E-state index in [4.69, 9.17) is 4.74 Å². The van der Waals surface area contributed by atoms with Gasteiger partial charge in [0.15, 0.2) is 5.75 Å². The van der Waals surface area contributed by atoms with Gasteiger partial charge in [0, 0.05) is 5.39 Å². The Labute approximate surface area is 88.1 Å². The van der Waals surface area contributed by atoms with E-state index < -0.39 is 0 Å². The van der Waals surface area contributed by atoms with E-state index in [2.05, 4.69) is 16.4 Å². The summed E-state index contributed by atoms with van der Waals surface area (Å²) in [6.45, 7) is 2.89. The molecule has 1 N–H and O–H groups in total. The smallest absolute Gasteiger partial charge is 0.161 e. The maximum absolute atomic E-state index is 5.71. The minimum absolute atomic E-state index is 0.209. The maximum Gasteiger partial charge on any atom is 0.161 e. The molecule has 1 aromatic carbocycles. The number of para-hydroxylation sites is 1. The average molecular weight is 200 g/mol. The molecule has 3 rings (SSSR count). The van der Waals surface area contributed by atoms with Gasteiger partial charge in [-0.1, -0.05) is 18.2 Å². The van der Waals surface area contributed by atoms with Crippen LogP contribution in [0, 0.1) is 0 Å². The molecule has 15 heavy (non-hydrogen) atoms. The Morgan fingerprint density at radius 3 is 3.20 bits per heavy atom. The van der Waals surface area contributed by atoms with Gasteiger partial charge in [0.05, 0.1) is 23.9 Å². The van der Waals surface area contributed by atoms with Crippen LogP contribution in [-0.4, -0.2) is 17.6 Å². The predicted octanol–water partition coefficient (Wildman–Crippen LogP) is 2.43. The van der Waals surface area contributed by atoms with Gasteiger partial charge < -0.3 is 10.1 Å². The molecular formula is C12H12N2O. The van der Waals surface area contributed by atoms with Gasteiger partial charge in [0.1, 0.15) is 6.10 Å². The van der Waals surface area contributed by atoms with Crippen LogP contribution in [0.4, 0.5) is 5.69 Å². The number of fused-ring (bicyclic) bond motifs is 3. The highest BCUT2D eigenvalue weighted by atomic mass is 16.5. The SMILES string of the molecule is CC1CNc2c(cnc3ccccc23)O1. The summed E-state index contributed by atoms with van der Waals surface area (Å²) in [6, 6.07) is 8.08. The molecule has 1 atom stereocenters. The number of benzene rings is 1. The van der Waals surface area contributed by atoms with Crippen molar-refractivity contribution in [3.63, 3.8) is 0 Å². The molecule has 0 fully saturated rings. The molecule has 0 radical (unpaired) electrons. The fourth-order valence-electron chi connectivity index (χ4n) is 1.90. The van der Waals surface area contributed by atoms with E-state index in [1.165, 1.54) is 0 Å². The van der Waals surface area contributed by atoms with Crippen LogP contribution in [0.2, 0.25) is 0 Å². The molecule has 1 aliphatic heterocycles. The van der Waals surface area contributed by atoms with Crippen LogP contribution in [-0.2, 0) is 0 Å². The minimum atomic E-state index is 0.209. The first kappa shape index (κ1) is 8.53. The Balaban J connectivity index is 2.25. The quantitative estimate of drug-likeness (QED) is 0.709. The molecule has 0 aliphatic carbocycles. The molecule has 76 valence electrons. The number of nitrogens with zero attached hydrogens (tertiary/aromatic N) is 1. The van der Waals surface area contributed by atoms with E-state index >= 15 is 0 Å². The van der Waals surface area contributed by atoms with E-state index in [0.29, 0.717) is 0 Å². The van der Waals surface area contributed by atoms with Gasteiger partial charge in [0.25, 0.3) is 0 Å². The number of rotatable bonds is 0. The molecule has 0 amide bonds. The van der Waals surface area contributed by atoms with Crippen LogP contribution in [0.3, 0.4) is 0 Å². The summed E-state index contributed by atoms with van der Waals surface area (Å²) in [4.78, 5) is 4.36. The molecule has 2 aromatic rings. The molecule has 1 aromatic heterocycles. The molecule has 0 spiro atoms. The second-order valence-electron chi connectivity index (χ2n) is 3.82. The zero-order chi connectivity index (χ0) is 10.3. The molecule has 1 unspecified atom stereocenters. The second kappa shape index (κ2) is 3.12. The highest BCUT2D eigenvalue weighted by molar-refractivity contribution is 5.94. The van der Waals surface area contributed by atoms with E-state index in [1.54, 1.807) is 6.20 Å². The lowest BCUT2D eigenvalue weighted by atomic mass is 10.1.